The second-order valence-electron chi connectivity index (χ2n) is 9.50. The Hall–Kier alpha value is -4.46. The van der Waals surface area contributed by atoms with Gasteiger partial charge in [0, 0.05) is 18.1 Å². The standard InChI is InChI=1S/C29H25FN4O3/c1-18-4-3-5-20(12-18)15-32-16-23-28(22-14-21(30)7-8-24(22)32)31-34(29(23)36)17-27(35)33-10-11-37-26-9-6-19(2)13-25(26)33/h3-9,12-14,16H,10-11,15,17H2,1-2H3. The Bertz CT molecular complexity index is 1700. The van der Waals surface area contributed by atoms with E-state index in [0.717, 1.165) is 22.2 Å². The third-order valence-electron chi connectivity index (χ3n) is 6.75. The first-order valence-corrected chi connectivity index (χ1v) is 12.2. The molecule has 37 heavy (non-hydrogen) atoms. The van der Waals surface area contributed by atoms with Crippen molar-refractivity contribution in [2.24, 2.45) is 0 Å². The highest BCUT2D eigenvalue weighted by atomic mass is 19.1. The molecule has 3 aliphatic rings. The van der Waals surface area contributed by atoms with Crippen LogP contribution in [0.25, 0.3) is 22.2 Å². The lowest BCUT2D eigenvalue weighted by Gasteiger charge is -2.29. The summed E-state index contributed by atoms with van der Waals surface area (Å²) in [6.07, 6.45) is 1.75. The molecule has 6 rings (SSSR count). The van der Waals surface area contributed by atoms with E-state index in [1.54, 1.807) is 17.2 Å². The van der Waals surface area contributed by atoms with Gasteiger partial charge in [0.2, 0.25) is 5.91 Å². The molecule has 0 saturated carbocycles. The van der Waals surface area contributed by atoms with E-state index < -0.39 is 5.82 Å². The van der Waals surface area contributed by atoms with Crippen molar-refractivity contribution < 1.29 is 13.9 Å². The quantitative estimate of drug-likeness (QED) is 0.367. The Morgan fingerprint density at radius 1 is 1.05 bits per heavy atom. The van der Waals surface area contributed by atoms with Crippen LogP contribution in [0, 0.1) is 19.7 Å². The molecule has 3 aliphatic heterocycles. The van der Waals surface area contributed by atoms with Crippen molar-refractivity contribution in [3.8, 4) is 17.0 Å². The second-order valence-corrected chi connectivity index (χ2v) is 9.50. The summed E-state index contributed by atoms with van der Waals surface area (Å²) in [5, 5.41) is 5.03. The van der Waals surface area contributed by atoms with E-state index in [-0.39, 0.29) is 18.0 Å². The molecule has 0 fully saturated rings. The van der Waals surface area contributed by atoms with E-state index in [1.807, 2.05) is 54.8 Å². The highest BCUT2D eigenvalue weighted by Gasteiger charge is 2.27. The van der Waals surface area contributed by atoms with Gasteiger partial charge in [-0.25, -0.2) is 9.07 Å². The number of hydrogen-bond donors (Lipinski definition) is 0. The highest BCUT2D eigenvalue weighted by molar-refractivity contribution is 5.96. The number of amides is 1. The summed E-state index contributed by atoms with van der Waals surface area (Å²) in [6.45, 7) is 5.01. The number of anilines is 1. The van der Waals surface area contributed by atoms with Gasteiger partial charge in [-0.05, 0) is 55.3 Å². The van der Waals surface area contributed by atoms with Gasteiger partial charge in [0.15, 0.2) is 0 Å². The number of aromatic nitrogens is 3. The number of rotatable bonds is 4. The van der Waals surface area contributed by atoms with Gasteiger partial charge < -0.3 is 14.2 Å². The number of ether oxygens (including phenoxy) is 1. The number of carbonyl (C=O) groups excluding carboxylic acids is 1. The number of aryl methyl sites for hydroxylation is 2. The van der Waals surface area contributed by atoms with Crippen molar-refractivity contribution >= 4 is 22.5 Å². The molecule has 1 amide bonds. The van der Waals surface area contributed by atoms with Gasteiger partial charge in [-0.3, -0.25) is 9.59 Å². The van der Waals surface area contributed by atoms with Gasteiger partial charge in [0.1, 0.15) is 30.4 Å². The normalized spacial score (nSPS) is 13.1. The first-order valence-electron chi connectivity index (χ1n) is 12.2. The van der Waals surface area contributed by atoms with E-state index in [2.05, 4.69) is 11.2 Å². The van der Waals surface area contributed by atoms with E-state index in [0.29, 0.717) is 47.8 Å². The van der Waals surface area contributed by atoms with Crippen molar-refractivity contribution in [1.82, 2.24) is 14.3 Å². The molecule has 0 unspecified atom stereocenters. The van der Waals surface area contributed by atoms with Crippen molar-refractivity contribution in [2.45, 2.75) is 26.9 Å². The molecule has 3 aromatic carbocycles. The minimum Gasteiger partial charge on any atom is -0.490 e. The fourth-order valence-corrected chi connectivity index (χ4v) is 4.99. The van der Waals surface area contributed by atoms with E-state index in [1.165, 1.54) is 16.8 Å². The van der Waals surface area contributed by atoms with Crippen LogP contribution < -0.4 is 15.2 Å². The zero-order valence-corrected chi connectivity index (χ0v) is 20.6. The molecule has 0 aromatic heterocycles. The van der Waals surface area contributed by atoms with Crippen LogP contribution >= 0.6 is 0 Å². The van der Waals surface area contributed by atoms with Crippen LogP contribution in [0.5, 0.6) is 5.75 Å². The van der Waals surface area contributed by atoms with Gasteiger partial charge in [-0.1, -0.05) is 35.9 Å². The van der Waals surface area contributed by atoms with Gasteiger partial charge in [-0.15, -0.1) is 0 Å². The number of hydrogen-bond acceptors (Lipinski definition) is 4. The Labute approximate surface area is 212 Å². The number of carbonyl (C=O) groups is 1. The summed E-state index contributed by atoms with van der Waals surface area (Å²) in [4.78, 5) is 28.4. The van der Waals surface area contributed by atoms with Crippen molar-refractivity contribution in [3.05, 3.63) is 99.7 Å². The number of fused-ring (bicyclic) bond motifs is 4. The predicted molar refractivity (Wildman–Crippen MR) is 140 cm³/mol. The maximum absolute atomic E-state index is 14.3. The molecular weight excluding hydrogens is 471 g/mol. The molecule has 186 valence electrons. The molecule has 7 nitrogen and oxygen atoms in total. The van der Waals surface area contributed by atoms with Gasteiger partial charge in [0.25, 0.3) is 5.56 Å². The minimum atomic E-state index is -0.416. The zero-order chi connectivity index (χ0) is 25.7. The first-order chi connectivity index (χ1) is 17.9. The maximum atomic E-state index is 14.3. The molecule has 0 aliphatic carbocycles. The average molecular weight is 497 g/mol. The fraction of sp³-hybridized carbons (Fsp3) is 0.207. The monoisotopic (exact) mass is 496 g/mol. The van der Waals surface area contributed by atoms with Crippen molar-refractivity contribution in [2.75, 3.05) is 18.1 Å². The summed E-state index contributed by atoms with van der Waals surface area (Å²) in [5.74, 6) is -0.0412. The van der Waals surface area contributed by atoms with Crippen LogP contribution in [0.15, 0.2) is 71.7 Å². The maximum Gasteiger partial charge on any atom is 0.278 e. The molecule has 0 saturated heterocycles. The molecular formula is C29H25FN4O3. The topological polar surface area (TPSA) is 69.4 Å². The summed E-state index contributed by atoms with van der Waals surface area (Å²) in [7, 11) is 0. The fourth-order valence-electron chi connectivity index (χ4n) is 4.99. The van der Waals surface area contributed by atoms with Crippen LogP contribution in [0.4, 0.5) is 10.1 Å². The summed E-state index contributed by atoms with van der Waals surface area (Å²) < 4.78 is 23.1. The van der Waals surface area contributed by atoms with E-state index >= 15 is 0 Å². The Balaban J connectivity index is 1.42. The molecule has 0 N–H and O–H groups in total. The van der Waals surface area contributed by atoms with Crippen molar-refractivity contribution in [1.29, 1.82) is 0 Å². The Kier molecular flexibility index (Phi) is 5.52. The van der Waals surface area contributed by atoms with Gasteiger partial charge >= 0.3 is 0 Å². The van der Waals surface area contributed by atoms with Crippen LogP contribution in [-0.4, -0.2) is 33.4 Å². The molecule has 0 spiro atoms. The Morgan fingerprint density at radius 3 is 2.73 bits per heavy atom. The largest absolute Gasteiger partial charge is 0.490 e. The minimum absolute atomic E-state index is 0.227. The van der Waals surface area contributed by atoms with Crippen LogP contribution in [0.1, 0.15) is 16.7 Å². The lowest BCUT2D eigenvalue weighted by molar-refractivity contribution is -0.119. The van der Waals surface area contributed by atoms with Crippen LogP contribution in [0.3, 0.4) is 0 Å². The third kappa shape index (κ3) is 4.14. The number of benzene rings is 3. The van der Waals surface area contributed by atoms with E-state index in [9.17, 15) is 14.0 Å². The van der Waals surface area contributed by atoms with Crippen molar-refractivity contribution in [3.63, 3.8) is 0 Å². The van der Waals surface area contributed by atoms with Crippen LogP contribution in [-0.2, 0) is 17.9 Å². The summed E-state index contributed by atoms with van der Waals surface area (Å²) in [6, 6.07) is 18.3. The molecule has 3 aromatic rings. The summed E-state index contributed by atoms with van der Waals surface area (Å²) >= 11 is 0. The zero-order valence-electron chi connectivity index (χ0n) is 20.6. The molecule has 8 heteroatoms. The highest BCUT2D eigenvalue weighted by Crippen LogP contribution is 2.33. The lowest BCUT2D eigenvalue weighted by atomic mass is 10.1. The SMILES string of the molecule is Cc1cccc(Cn2cc3c(=O)n(CC(=O)N4CCOc5ccc(C)cc54)nc-3c3cc(F)ccc32)c1. The number of nitrogens with zero attached hydrogens (tertiary/aromatic N) is 4. The molecule has 0 atom stereocenters. The van der Waals surface area contributed by atoms with Gasteiger partial charge in [0.05, 0.1) is 23.3 Å². The van der Waals surface area contributed by atoms with Gasteiger partial charge in [-0.2, -0.15) is 5.10 Å². The molecule has 0 radical (unpaired) electrons. The first kappa shape index (κ1) is 23.0. The van der Waals surface area contributed by atoms with Crippen LogP contribution in [0.2, 0.25) is 0 Å². The second kappa shape index (κ2) is 8.89. The Morgan fingerprint density at radius 2 is 1.89 bits per heavy atom. The molecule has 3 heterocycles. The van der Waals surface area contributed by atoms with E-state index in [4.69, 9.17) is 4.74 Å². The average Bonchev–Trinajstić information content (AvgIpc) is 3.18. The molecule has 0 bridgehead atoms. The lowest BCUT2D eigenvalue weighted by Crippen LogP contribution is -2.41. The smallest absolute Gasteiger partial charge is 0.278 e. The number of halogens is 1. The summed E-state index contributed by atoms with van der Waals surface area (Å²) in [5.41, 5.74) is 4.97. The number of pyridine rings is 1. The predicted octanol–water partition coefficient (Wildman–Crippen LogP) is 4.53. The third-order valence-corrected chi connectivity index (χ3v) is 6.75.